The van der Waals surface area contributed by atoms with Gasteiger partial charge in [0.1, 0.15) is 5.56 Å². The molecule has 1 aliphatic rings. The lowest BCUT2D eigenvalue weighted by atomic mass is 10.1. The standard InChI is InChI=1S/C12H19N3O3/c1-15-11(10(7-14-15)12(16)17)8-13-6-9-4-2-3-5-18-9/h7,9,13H,2-6,8H2,1H3,(H,16,17). The molecule has 0 bridgehead atoms. The first kappa shape index (κ1) is 13.0. The number of nitrogens with zero attached hydrogens (tertiary/aromatic N) is 2. The lowest BCUT2D eigenvalue weighted by molar-refractivity contribution is 0.0167. The van der Waals surface area contributed by atoms with Gasteiger partial charge in [-0.15, -0.1) is 0 Å². The molecule has 0 aromatic carbocycles. The Morgan fingerprint density at radius 1 is 1.67 bits per heavy atom. The summed E-state index contributed by atoms with van der Waals surface area (Å²) < 4.78 is 7.20. The van der Waals surface area contributed by atoms with Crippen LogP contribution in [0.2, 0.25) is 0 Å². The Kier molecular flexibility index (Phi) is 4.33. The van der Waals surface area contributed by atoms with E-state index in [2.05, 4.69) is 10.4 Å². The summed E-state index contributed by atoms with van der Waals surface area (Å²) in [6.07, 6.45) is 5.06. The maximum absolute atomic E-state index is 11.0. The Balaban J connectivity index is 1.85. The molecule has 18 heavy (non-hydrogen) atoms. The fourth-order valence-electron chi connectivity index (χ4n) is 2.17. The third-order valence-corrected chi connectivity index (χ3v) is 3.23. The SMILES string of the molecule is Cn1ncc(C(=O)O)c1CNCC1CCCCO1. The van der Waals surface area contributed by atoms with Crippen molar-refractivity contribution in [2.45, 2.75) is 31.9 Å². The van der Waals surface area contributed by atoms with Gasteiger partial charge in [-0.2, -0.15) is 5.10 Å². The molecule has 0 spiro atoms. The minimum Gasteiger partial charge on any atom is -0.478 e. The van der Waals surface area contributed by atoms with E-state index in [0.29, 0.717) is 12.2 Å². The van der Waals surface area contributed by atoms with E-state index < -0.39 is 5.97 Å². The van der Waals surface area contributed by atoms with Gasteiger partial charge >= 0.3 is 5.97 Å². The Morgan fingerprint density at radius 3 is 3.17 bits per heavy atom. The fourth-order valence-corrected chi connectivity index (χ4v) is 2.17. The quantitative estimate of drug-likeness (QED) is 0.811. The summed E-state index contributed by atoms with van der Waals surface area (Å²) in [6, 6.07) is 0. The molecule has 2 rings (SSSR count). The second kappa shape index (κ2) is 5.97. The number of carboxylic acids is 1. The first-order valence-corrected chi connectivity index (χ1v) is 6.25. The first-order valence-electron chi connectivity index (χ1n) is 6.25. The summed E-state index contributed by atoms with van der Waals surface area (Å²) in [5, 5.41) is 16.2. The third-order valence-electron chi connectivity index (χ3n) is 3.23. The average molecular weight is 253 g/mol. The number of hydrogen-bond acceptors (Lipinski definition) is 4. The Labute approximate surface area is 106 Å². The monoisotopic (exact) mass is 253 g/mol. The van der Waals surface area contributed by atoms with E-state index in [1.165, 1.54) is 12.6 Å². The van der Waals surface area contributed by atoms with Gasteiger partial charge in [-0.3, -0.25) is 4.68 Å². The third kappa shape index (κ3) is 3.08. The number of carboxylic acid groups (broad SMARTS) is 1. The Bertz CT molecular complexity index is 411. The highest BCUT2D eigenvalue weighted by Gasteiger charge is 2.16. The average Bonchev–Trinajstić information content (AvgIpc) is 2.73. The van der Waals surface area contributed by atoms with Crippen molar-refractivity contribution in [3.8, 4) is 0 Å². The molecule has 100 valence electrons. The van der Waals surface area contributed by atoms with Crippen molar-refractivity contribution in [3.05, 3.63) is 17.5 Å². The molecule has 1 unspecified atom stereocenters. The van der Waals surface area contributed by atoms with Gasteiger partial charge in [-0.05, 0) is 19.3 Å². The molecule has 2 N–H and O–H groups in total. The van der Waals surface area contributed by atoms with E-state index >= 15 is 0 Å². The molecule has 1 aliphatic heterocycles. The number of aromatic nitrogens is 2. The summed E-state index contributed by atoms with van der Waals surface area (Å²) in [5.41, 5.74) is 0.952. The van der Waals surface area contributed by atoms with Gasteiger partial charge in [0.05, 0.1) is 18.0 Å². The van der Waals surface area contributed by atoms with Crippen molar-refractivity contribution in [1.82, 2.24) is 15.1 Å². The van der Waals surface area contributed by atoms with Crippen LogP contribution in [-0.2, 0) is 18.3 Å². The molecule has 0 saturated carbocycles. The predicted molar refractivity (Wildman–Crippen MR) is 65.5 cm³/mol. The minimum absolute atomic E-state index is 0.250. The zero-order valence-electron chi connectivity index (χ0n) is 10.6. The van der Waals surface area contributed by atoms with Gasteiger partial charge in [-0.25, -0.2) is 4.79 Å². The molecular weight excluding hydrogens is 234 g/mol. The van der Waals surface area contributed by atoms with E-state index in [9.17, 15) is 4.79 Å². The molecule has 0 amide bonds. The number of aryl methyl sites for hydroxylation is 1. The molecule has 1 aromatic rings. The summed E-state index contributed by atoms with van der Waals surface area (Å²) in [6.45, 7) is 2.08. The van der Waals surface area contributed by atoms with Crippen LogP contribution in [0.15, 0.2) is 6.20 Å². The smallest absolute Gasteiger partial charge is 0.339 e. The summed E-state index contributed by atoms with van der Waals surface area (Å²) in [7, 11) is 1.75. The highest BCUT2D eigenvalue weighted by atomic mass is 16.5. The summed E-state index contributed by atoms with van der Waals surface area (Å²) in [4.78, 5) is 11.0. The van der Waals surface area contributed by atoms with Crippen LogP contribution in [-0.4, -0.2) is 40.1 Å². The fraction of sp³-hybridized carbons (Fsp3) is 0.667. The Morgan fingerprint density at radius 2 is 2.50 bits per heavy atom. The van der Waals surface area contributed by atoms with Gasteiger partial charge in [0, 0.05) is 26.7 Å². The molecule has 2 heterocycles. The van der Waals surface area contributed by atoms with Crippen LogP contribution < -0.4 is 5.32 Å². The maximum atomic E-state index is 11.0. The molecule has 6 nitrogen and oxygen atoms in total. The number of hydrogen-bond donors (Lipinski definition) is 2. The minimum atomic E-state index is -0.936. The second-order valence-corrected chi connectivity index (χ2v) is 4.55. The molecule has 0 radical (unpaired) electrons. The van der Waals surface area contributed by atoms with Crippen molar-refractivity contribution >= 4 is 5.97 Å². The topological polar surface area (TPSA) is 76.4 Å². The summed E-state index contributed by atoms with van der Waals surface area (Å²) in [5.74, 6) is -0.936. The highest BCUT2D eigenvalue weighted by Crippen LogP contribution is 2.12. The number of aromatic carboxylic acids is 1. The number of nitrogens with one attached hydrogen (secondary N) is 1. The van der Waals surface area contributed by atoms with Crippen LogP contribution >= 0.6 is 0 Å². The largest absolute Gasteiger partial charge is 0.478 e. The van der Waals surface area contributed by atoms with Crippen molar-refractivity contribution in [1.29, 1.82) is 0 Å². The van der Waals surface area contributed by atoms with Crippen LogP contribution in [0.4, 0.5) is 0 Å². The zero-order valence-corrected chi connectivity index (χ0v) is 10.6. The summed E-state index contributed by atoms with van der Waals surface area (Å²) >= 11 is 0. The van der Waals surface area contributed by atoms with E-state index in [1.807, 2.05) is 0 Å². The van der Waals surface area contributed by atoms with E-state index in [-0.39, 0.29) is 11.7 Å². The molecule has 1 atom stereocenters. The van der Waals surface area contributed by atoms with Crippen LogP contribution in [0.3, 0.4) is 0 Å². The van der Waals surface area contributed by atoms with Gasteiger partial charge in [0.15, 0.2) is 0 Å². The molecule has 1 fully saturated rings. The van der Waals surface area contributed by atoms with Crippen molar-refractivity contribution < 1.29 is 14.6 Å². The molecular formula is C12H19N3O3. The number of rotatable bonds is 5. The zero-order chi connectivity index (χ0) is 13.0. The van der Waals surface area contributed by atoms with E-state index in [4.69, 9.17) is 9.84 Å². The van der Waals surface area contributed by atoms with Gasteiger partial charge in [-0.1, -0.05) is 0 Å². The lowest BCUT2D eigenvalue weighted by Crippen LogP contribution is -2.32. The molecule has 0 aliphatic carbocycles. The Hall–Kier alpha value is -1.40. The second-order valence-electron chi connectivity index (χ2n) is 4.55. The van der Waals surface area contributed by atoms with Crippen LogP contribution in [0, 0.1) is 0 Å². The number of ether oxygens (including phenoxy) is 1. The molecule has 6 heteroatoms. The van der Waals surface area contributed by atoms with Crippen LogP contribution in [0.25, 0.3) is 0 Å². The van der Waals surface area contributed by atoms with Gasteiger partial charge in [0.25, 0.3) is 0 Å². The molecule has 1 saturated heterocycles. The van der Waals surface area contributed by atoms with Crippen molar-refractivity contribution in [3.63, 3.8) is 0 Å². The maximum Gasteiger partial charge on any atom is 0.339 e. The number of carbonyl (C=O) groups is 1. The van der Waals surface area contributed by atoms with E-state index in [1.54, 1.807) is 11.7 Å². The van der Waals surface area contributed by atoms with Gasteiger partial charge in [0.2, 0.25) is 0 Å². The van der Waals surface area contributed by atoms with Gasteiger partial charge < -0.3 is 15.2 Å². The van der Waals surface area contributed by atoms with Crippen molar-refractivity contribution in [2.75, 3.05) is 13.2 Å². The molecule has 1 aromatic heterocycles. The van der Waals surface area contributed by atoms with Crippen LogP contribution in [0.5, 0.6) is 0 Å². The predicted octanol–water partition coefficient (Wildman–Crippen LogP) is 0.777. The van der Waals surface area contributed by atoms with E-state index in [0.717, 1.165) is 26.0 Å². The highest BCUT2D eigenvalue weighted by molar-refractivity contribution is 5.88. The van der Waals surface area contributed by atoms with Crippen LogP contribution in [0.1, 0.15) is 35.3 Å². The normalized spacial score (nSPS) is 19.9. The van der Waals surface area contributed by atoms with Crippen molar-refractivity contribution in [2.24, 2.45) is 7.05 Å². The first-order chi connectivity index (χ1) is 8.68. The lowest BCUT2D eigenvalue weighted by Gasteiger charge is -2.22.